The van der Waals surface area contributed by atoms with Gasteiger partial charge in [-0.2, -0.15) is 0 Å². The molecular weight excluding hydrogens is 250 g/mol. The number of carbonyl (C=O) groups is 2. The lowest BCUT2D eigenvalue weighted by atomic mass is 9.71. The first-order chi connectivity index (χ1) is 8.63. The zero-order valence-electron chi connectivity index (χ0n) is 9.68. The molecule has 0 aliphatic carbocycles. The summed E-state index contributed by atoms with van der Waals surface area (Å²) >= 11 is 1.73. The lowest BCUT2D eigenvalue weighted by Gasteiger charge is -2.37. The molecule has 0 bridgehead atoms. The average Bonchev–Trinajstić information content (AvgIpc) is 2.68. The lowest BCUT2D eigenvalue weighted by Crippen LogP contribution is -2.48. The van der Waals surface area contributed by atoms with Gasteiger partial charge in [-0.15, -0.1) is 11.8 Å². The van der Waals surface area contributed by atoms with Crippen LogP contribution in [0, 0.1) is 0 Å². The molecule has 2 aliphatic rings. The van der Waals surface area contributed by atoms with Crippen LogP contribution in [0.4, 0.5) is 0 Å². The quantitative estimate of drug-likeness (QED) is 0.803. The van der Waals surface area contributed by atoms with E-state index in [1.54, 1.807) is 11.8 Å². The Balaban J connectivity index is 2.15. The van der Waals surface area contributed by atoms with Gasteiger partial charge in [-0.05, 0) is 23.8 Å². The van der Waals surface area contributed by atoms with Crippen LogP contribution in [0.15, 0.2) is 29.2 Å². The number of hydrogen-bond donors (Lipinski definition) is 2. The third kappa shape index (κ3) is 1.54. The second-order valence-corrected chi connectivity index (χ2v) is 5.90. The number of thioether (sulfide) groups is 1. The number of hydrogen-bond acceptors (Lipinski definition) is 3. The molecule has 0 saturated carbocycles. The first kappa shape index (κ1) is 11.6. The zero-order valence-corrected chi connectivity index (χ0v) is 10.5. The minimum absolute atomic E-state index is 0.163. The second kappa shape index (κ2) is 4.02. The molecule has 2 heterocycles. The van der Waals surface area contributed by atoms with Crippen molar-refractivity contribution in [1.82, 2.24) is 5.32 Å². The number of carbonyl (C=O) groups excluding carboxylic acids is 1. The van der Waals surface area contributed by atoms with Crippen LogP contribution < -0.4 is 5.32 Å². The van der Waals surface area contributed by atoms with Crippen LogP contribution >= 0.6 is 11.8 Å². The van der Waals surface area contributed by atoms with Gasteiger partial charge in [0.25, 0.3) is 0 Å². The molecule has 0 aromatic heterocycles. The molecular formula is C13H13NO3S. The molecule has 18 heavy (non-hydrogen) atoms. The maximum atomic E-state index is 11.7. The molecule has 1 amide bonds. The number of aliphatic carboxylic acids is 1. The number of nitrogens with one attached hydrogen (secondary N) is 1. The fourth-order valence-electron chi connectivity index (χ4n) is 3.00. The Morgan fingerprint density at radius 2 is 2.22 bits per heavy atom. The summed E-state index contributed by atoms with van der Waals surface area (Å²) in [5.74, 6) is -0.248. The molecule has 5 heteroatoms. The predicted octanol–water partition coefficient (Wildman–Crippen LogP) is 1.39. The number of carboxylic acids is 1. The summed E-state index contributed by atoms with van der Waals surface area (Å²) in [4.78, 5) is 24.2. The number of rotatable bonds is 1. The highest BCUT2D eigenvalue weighted by Crippen LogP contribution is 2.48. The fraction of sp³-hybridized carbons (Fsp3) is 0.385. The van der Waals surface area contributed by atoms with Crippen LogP contribution in [0.2, 0.25) is 0 Å². The highest BCUT2D eigenvalue weighted by Gasteiger charge is 2.53. The van der Waals surface area contributed by atoms with Crippen molar-refractivity contribution in [3.8, 4) is 0 Å². The predicted molar refractivity (Wildman–Crippen MR) is 67.6 cm³/mol. The Morgan fingerprint density at radius 3 is 3.00 bits per heavy atom. The average molecular weight is 263 g/mol. The first-order valence-corrected chi connectivity index (χ1v) is 6.86. The van der Waals surface area contributed by atoms with Crippen LogP contribution in [0.1, 0.15) is 18.4 Å². The summed E-state index contributed by atoms with van der Waals surface area (Å²) in [6, 6.07) is 7.02. The van der Waals surface area contributed by atoms with E-state index >= 15 is 0 Å². The SMILES string of the molecule is O=C1CC2(CCSc3ccccc32)C(C(=O)O)N1. The van der Waals surface area contributed by atoms with E-state index < -0.39 is 17.4 Å². The minimum atomic E-state index is -0.942. The molecule has 1 aromatic rings. The van der Waals surface area contributed by atoms with Gasteiger partial charge < -0.3 is 10.4 Å². The summed E-state index contributed by atoms with van der Waals surface area (Å²) in [5, 5.41) is 12.0. The summed E-state index contributed by atoms with van der Waals surface area (Å²) in [6.45, 7) is 0. The third-order valence-corrected chi connectivity index (χ3v) is 4.89. The molecule has 2 aliphatic heterocycles. The molecule has 2 atom stereocenters. The van der Waals surface area contributed by atoms with E-state index in [2.05, 4.69) is 5.32 Å². The fourth-order valence-corrected chi connectivity index (χ4v) is 4.29. The Hall–Kier alpha value is -1.49. The summed E-state index contributed by atoms with van der Waals surface area (Å²) in [5.41, 5.74) is 0.442. The molecule has 94 valence electrons. The molecule has 1 saturated heterocycles. The van der Waals surface area contributed by atoms with Crippen LogP contribution in [0.25, 0.3) is 0 Å². The van der Waals surface area contributed by atoms with Crippen molar-refractivity contribution >= 4 is 23.6 Å². The van der Waals surface area contributed by atoms with E-state index in [9.17, 15) is 14.7 Å². The Labute approximate surface area is 109 Å². The van der Waals surface area contributed by atoms with Crippen LogP contribution in [0.5, 0.6) is 0 Å². The monoisotopic (exact) mass is 263 g/mol. The van der Waals surface area contributed by atoms with Crippen molar-refractivity contribution in [2.45, 2.75) is 29.2 Å². The second-order valence-electron chi connectivity index (χ2n) is 4.77. The van der Waals surface area contributed by atoms with Gasteiger partial charge >= 0.3 is 5.97 Å². The molecule has 2 unspecified atom stereocenters. The molecule has 1 spiro atoms. The van der Waals surface area contributed by atoms with Gasteiger partial charge in [0.2, 0.25) is 5.91 Å². The lowest BCUT2D eigenvalue weighted by molar-refractivity contribution is -0.141. The molecule has 0 radical (unpaired) electrons. The smallest absolute Gasteiger partial charge is 0.327 e. The van der Waals surface area contributed by atoms with Gasteiger partial charge in [0.1, 0.15) is 6.04 Å². The van der Waals surface area contributed by atoms with Crippen LogP contribution in [-0.2, 0) is 15.0 Å². The Kier molecular flexibility index (Phi) is 2.59. The van der Waals surface area contributed by atoms with Crippen molar-refractivity contribution < 1.29 is 14.7 Å². The number of fused-ring (bicyclic) bond motifs is 2. The van der Waals surface area contributed by atoms with Crippen LogP contribution in [-0.4, -0.2) is 28.8 Å². The molecule has 3 rings (SSSR count). The molecule has 1 fully saturated rings. The highest BCUT2D eigenvalue weighted by molar-refractivity contribution is 7.99. The maximum Gasteiger partial charge on any atom is 0.327 e. The van der Waals surface area contributed by atoms with Crippen molar-refractivity contribution in [2.75, 3.05) is 5.75 Å². The van der Waals surface area contributed by atoms with Crippen LogP contribution in [0.3, 0.4) is 0 Å². The number of benzene rings is 1. The van der Waals surface area contributed by atoms with E-state index in [0.717, 1.165) is 22.6 Å². The molecule has 1 aromatic carbocycles. The van der Waals surface area contributed by atoms with Gasteiger partial charge in [-0.3, -0.25) is 4.79 Å². The third-order valence-electron chi connectivity index (χ3n) is 3.81. The van der Waals surface area contributed by atoms with Gasteiger partial charge in [0.15, 0.2) is 0 Å². The summed E-state index contributed by atoms with van der Waals surface area (Å²) in [7, 11) is 0. The number of carboxylic acid groups (broad SMARTS) is 1. The van der Waals surface area contributed by atoms with Crippen molar-refractivity contribution in [1.29, 1.82) is 0 Å². The van der Waals surface area contributed by atoms with Crippen molar-refractivity contribution in [3.63, 3.8) is 0 Å². The Bertz CT molecular complexity index is 531. The minimum Gasteiger partial charge on any atom is -0.480 e. The molecule has 2 N–H and O–H groups in total. The largest absolute Gasteiger partial charge is 0.480 e. The normalized spacial score (nSPS) is 30.0. The van der Waals surface area contributed by atoms with E-state index in [1.165, 1.54) is 0 Å². The topological polar surface area (TPSA) is 66.4 Å². The first-order valence-electron chi connectivity index (χ1n) is 5.88. The van der Waals surface area contributed by atoms with Crippen molar-refractivity contribution in [3.05, 3.63) is 29.8 Å². The summed E-state index contributed by atoms with van der Waals surface area (Å²) in [6.07, 6.45) is 1.01. The van der Waals surface area contributed by atoms with Gasteiger partial charge in [0.05, 0.1) is 0 Å². The van der Waals surface area contributed by atoms with Gasteiger partial charge in [-0.25, -0.2) is 4.79 Å². The standard InChI is InChI=1S/C13H13NO3S/c15-10-7-13(11(14-10)12(16)17)5-6-18-9-4-2-1-3-8(9)13/h1-4,11H,5-7H2,(H,14,15)(H,16,17). The molecule has 4 nitrogen and oxygen atoms in total. The van der Waals surface area contributed by atoms with Gasteiger partial charge in [0, 0.05) is 16.7 Å². The van der Waals surface area contributed by atoms with E-state index in [-0.39, 0.29) is 12.3 Å². The van der Waals surface area contributed by atoms with Crippen molar-refractivity contribution in [2.24, 2.45) is 0 Å². The summed E-state index contributed by atoms with van der Waals surface area (Å²) < 4.78 is 0. The van der Waals surface area contributed by atoms with E-state index in [0.29, 0.717) is 0 Å². The van der Waals surface area contributed by atoms with E-state index in [4.69, 9.17) is 0 Å². The highest BCUT2D eigenvalue weighted by atomic mass is 32.2. The number of amides is 1. The van der Waals surface area contributed by atoms with Gasteiger partial charge in [-0.1, -0.05) is 18.2 Å². The Morgan fingerprint density at radius 1 is 1.44 bits per heavy atom. The maximum absolute atomic E-state index is 11.7. The van der Waals surface area contributed by atoms with E-state index in [1.807, 2.05) is 24.3 Å². The zero-order chi connectivity index (χ0) is 12.8.